The number of imide groups is 1. The van der Waals surface area contributed by atoms with E-state index in [1.54, 1.807) is 42.5 Å². The number of allylic oxidation sites excluding steroid dienone is 2. The summed E-state index contributed by atoms with van der Waals surface area (Å²) in [4.78, 5) is 40.8. The number of carbonyl (C=O) groups is 3. The maximum atomic E-state index is 13.3. The van der Waals surface area contributed by atoms with Crippen molar-refractivity contribution in [1.82, 2.24) is 0 Å². The predicted octanol–water partition coefficient (Wildman–Crippen LogP) is 4.46. The summed E-state index contributed by atoms with van der Waals surface area (Å²) in [6.07, 6.45) is 5.45. The first-order chi connectivity index (χ1) is 15.0. The lowest BCUT2D eigenvalue weighted by Gasteiger charge is -2.37. The van der Waals surface area contributed by atoms with Gasteiger partial charge in [0.2, 0.25) is 11.8 Å². The lowest BCUT2D eigenvalue weighted by atomic mass is 9.63. The maximum absolute atomic E-state index is 13.3. The van der Waals surface area contributed by atoms with E-state index in [9.17, 15) is 14.4 Å². The highest BCUT2D eigenvalue weighted by Gasteiger charge is 2.67. The van der Waals surface area contributed by atoms with Crippen molar-refractivity contribution in [2.75, 3.05) is 10.2 Å². The van der Waals surface area contributed by atoms with Crippen molar-refractivity contribution in [3.63, 3.8) is 0 Å². The van der Waals surface area contributed by atoms with Crippen LogP contribution in [0.2, 0.25) is 5.02 Å². The third kappa shape index (κ3) is 2.66. The average Bonchev–Trinajstić information content (AvgIpc) is 3.55. The third-order valence-electron chi connectivity index (χ3n) is 7.55. The highest BCUT2D eigenvalue weighted by molar-refractivity contribution is 6.31. The molecule has 7 rings (SSSR count). The first-order valence-electron chi connectivity index (χ1n) is 10.7. The van der Waals surface area contributed by atoms with Crippen LogP contribution >= 0.6 is 11.6 Å². The first kappa shape index (κ1) is 18.8. The molecular formula is C25H21ClN2O3. The summed E-state index contributed by atoms with van der Waals surface area (Å²) in [6, 6.07) is 12.1. The van der Waals surface area contributed by atoms with Gasteiger partial charge in [-0.25, -0.2) is 4.90 Å². The second-order valence-electron chi connectivity index (χ2n) is 9.08. The SMILES string of the molecule is Cc1c(Cl)cccc1NC(=O)c1cccc(N2C(=O)[C@@H]3[C@H]4C=C[C@@H]([C@@H]5C[C@@H]45)[C@@H]3C2=O)c1. The molecule has 2 aromatic carbocycles. The molecule has 0 unspecified atom stereocenters. The van der Waals surface area contributed by atoms with Crippen LogP contribution in [0.15, 0.2) is 54.6 Å². The third-order valence-corrected chi connectivity index (χ3v) is 7.95. The van der Waals surface area contributed by atoms with Crippen LogP contribution in [0.4, 0.5) is 11.4 Å². The van der Waals surface area contributed by atoms with Gasteiger partial charge in [0.15, 0.2) is 0 Å². The van der Waals surface area contributed by atoms with Crippen LogP contribution in [-0.4, -0.2) is 17.7 Å². The van der Waals surface area contributed by atoms with Gasteiger partial charge in [0.1, 0.15) is 0 Å². The molecule has 3 amide bonds. The van der Waals surface area contributed by atoms with Gasteiger partial charge in [-0.2, -0.15) is 0 Å². The number of rotatable bonds is 3. The molecular weight excluding hydrogens is 412 g/mol. The quantitative estimate of drug-likeness (QED) is 0.575. The number of hydrogen-bond acceptors (Lipinski definition) is 3. The van der Waals surface area contributed by atoms with E-state index in [-0.39, 0.29) is 41.4 Å². The molecule has 0 aromatic heterocycles. The van der Waals surface area contributed by atoms with E-state index >= 15 is 0 Å². The smallest absolute Gasteiger partial charge is 0.255 e. The molecule has 2 saturated carbocycles. The largest absolute Gasteiger partial charge is 0.322 e. The molecule has 3 fully saturated rings. The van der Waals surface area contributed by atoms with E-state index in [0.717, 1.165) is 12.0 Å². The molecule has 5 nitrogen and oxygen atoms in total. The first-order valence-corrected chi connectivity index (χ1v) is 11.1. The summed E-state index contributed by atoms with van der Waals surface area (Å²) in [5.74, 6) is 0.419. The molecule has 0 spiro atoms. The van der Waals surface area contributed by atoms with E-state index in [1.807, 2.05) is 6.92 Å². The topological polar surface area (TPSA) is 66.5 Å². The average molecular weight is 433 g/mol. The summed E-state index contributed by atoms with van der Waals surface area (Å²) >= 11 is 6.15. The van der Waals surface area contributed by atoms with Crippen molar-refractivity contribution < 1.29 is 14.4 Å². The van der Waals surface area contributed by atoms with E-state index < -0.39 is 0 Å². The van der Waals surface area contributed by atoms with Crippen molar-refractivity contribution in [3.05, 3.63) is 70.8 Å². The zero-order valence-corrected chi connectivity index (χ0v) is 17.7. The Balaban J connectivity index is 1.29. The number of halogens is 1. The van der Waals surface area contributed by atoms with E-state index in [1.165, 1.54) is 4.90 Å². The van der Waals surface area contributed by atoms with Crippen molar-refractivity contribution in [2.24, 2.45) is 35.5 Å². The van der Waals surface area contributed by atoms with Gasteiger partial charge in [0.25, 0.3) is 5.91 Å². The minimum atomic E-state index is -0.313. The molecule has 1 N–H and O–H groups in total. The lowest BCUT2D eigenvalue weighted by Crippen LogP contribution is -2.40. The van der Waals surface area contributed by atoms with Gasteiger partial charge in [0, 0.05) is 16.3 Å². The number of benzene rings is 2. The summed E-state index contributed by atoms with van der Waals surface area (Å²) in [5.41, 5.74) is 2.26. The number of nitrogens with one attached hydrogen (secondary N) is 1. The minimum absolute atomic E-state index is 0.122. The van der Waals surface area contributed by atoms with Crippen LogP contribution < -0.4 is 10.2 Å². The van der Waals surface area contributed by atoms with Crippen LogP contribution in [0.5, 0.6) is 0 Å². The number of anilines is 2. The Morgan fingerprint density at radius 2 is 1.65 bits per heavy atom. The molecule has 5 aliphatic rings. The van der Waals surface area contributed by atoms with Crippen LogP contribution in [0.3, 0.4) is 0 Å². The number of amides is 3. The van der Waals surface area contributed by atoms with E-state index in [2.05, 4.69) is 17.5 Å². The molecule has 1 heterocycles. The van der Waals surface area contributed by atoms with Gasteiger partial charge in [-0.3, -0.25) is 14.4 Å². The molecule has 0 radical (unpaired) electrons. The van der Waals surface area contributed by atoms with Gasteiger partial charge in [0.05, 0.1) is 17.5 Å². The van der Waals surface area contributed by atoms with Crippen molar-refractivity contribution in [1.29, 1.82) is 0 Å². The van der Waals surface area contributed by atoms with Gasteiger partial charge >= 0.3 is 0 Å². The maximum Gasteiger partial charge on any atom is 0.255 e. The summed E-state index contributed by atoms with van der Waals surface area (Å²) in [6.45, 7) is 1.84. The standard InChI is InChI=1S/C25H21ClN2O3/c1-12-19(26)6-3-7-20(12)27-23(29)13-4-2-5-14(10-13)28-24(30)21-15-8-9-16(18-11-17(15)18)22(21)25(28)31/h2-10,15-18,21-22H,11H2,1H3,(H,27,29)/t15-,16-,17-,18-,21-,22+/m0/s1. The van der Waals surface area contributed by atoms with Gasteiger partial charge in [-0.05, 0) is 72.9 Å². The Bertz CT molecular complexity index is 1150. The fourth-order valence-corrected chi connectivity index (χ4v) is 6.11. The van der Waals surface area contributed by atoms with Crippen LogP contribution in [0.1, 0.15) is 22.3 Å². The minimum Gasteiger partial charge on any atom is -0.322 e. The summed E-state index contributed by atoms with van der Waals surface area (Å²) < 4.78 is 0. The fourth-order valence-electron chi connectivity index (χ4n) is 5.94. The Labute approximate surface area is 185 Å². The Kier molecular flexibility index (Phi) is 3.97. The molecule has 31 heavy (non-hydrogen) atoms. The van der Waals surface area contributed by atoms with E-state index in [0.29, 0.717) is 33.8 Å². The van der Waals surface area contributed by atoms with Gasteiger partial charge in [-0.15, -0.1) is 0 Å². The predicted molar refractivity (Wildman–Crippen MR) is 118 cm³/mol. The second kappa shape index (κ2) is 6.54. The zero-order chi connectivity index (χ0) is 21.4. The van der Waals surface area contributed by atoms with Crippen LogP contribution in [0.25, 0.3) is 0 Å². The van der Waals surface area contributed by atoms with Crippen molar-refractivity contribution >= 4 is 40.7 Å². The Hall–Kier alpha value is -2.92. The molecule has 4 aliphatic carbocycles. The fraction of sp³-hybridized carbons (Fsp3) is 0.320. The Morgan fingerprint density at radius 1 is 1.00 bits per heavy atom. The van der Waals surface area contributed by atoms with Crippen molar-refractivity contribution in [2.45, 2.75) is 13.3 Å². The number of nitrogens with zero attached hydrogens (tertiary/aromatic N) is 1. The molecule has 6 atom stereocenters. The van der Waals surface area contributed by atoms with Crippen molar-refractivity contribution in [3.8, 4) is 0 Å². The molecule has 1 saturated heterocycles. The molecule has 6 heteroatoms. The zero-order valence-electron chi connectivity index (χ0n) is 16.9. The number of hydrogen-bond donors (Lipinski definition) is 1. The second-order valence-corrected chi connectivity index (χ2v) is 9.49. The van der Waals surface area contributed by atoms with Gasteiger partial charge in [-0.1, -0.05) is 35.9 Å². The molecule has 1 aliphatic heterocycles. The lowest BCUT2D eigenvalue weighted by molar-refractivity contribution is -0.124. The highest BCUT2D eigenvalue weighted by Crippen LogP contribution is 2.65. The highest BCUT2D eigenvalue weighted by atomic mass is 35.5. The summed E-state index contributed by atoms with van der Waals surface area (Å²) in [7, 11) is 0. The van der Waals surface area contributed by atoms with Crippen LogP contribution in [-0.2, 0) is 9.59 Å². The normalized spacial score (nSPS) is 32.1. The molecule has 2 aromatic rings. The van der Waals surface area contributed by atoms with E-state index in [4.69, 9.17) is 11.6 Å². The molecule has 2 bridgehead atoms. The number of carbonyl (C=O) groups excluding carboxylic acids is 3. The van der Waals surface area contributed by atoms with Gasteiger partial charge < -0.3 is 5.32 Å². The monoisotopic (exact) mass is 432 g/mol. The summed E-state index contributed by atoms with van der Waals surface area (Å²) in [5, 5.41) is 3.44. The molecule has 156 valence electrons. The van der Waals surface area contributed by atoms with Crippen LogP contribution in [0, 0.1) is 42.4 Å². The Morgan fingerprint density at radius 3 is 2.32 bits per heavy atom.